The van der Waals surface area contributed by atoms with Crippen LogP contribution in [0, 0.1) is 20.8 Å². The van der Waals surface area contributed by atoms with Crippen molar-refractivity contribution in [2.45, 2.75) is 34.1 Å². The molecule has 7 nitrogen and oxygen atoms in total. The summed E-state index contributed by atoms with van der Waals surface area (Å²) in [5.41, 5.74) is 6.17. The summed E-state index contributed by atoms with van der Waals surface area (Å²) in [5, 5.41) is 7.43. The number of pyridine rings is 2. The minimum absolute atomic E-state index is 0.143. The summed E-state index contributed by atoms with van der Waals surface area (Å²) >= 11 is 6.45. The van der Waals surface area contributed by atoms with E-state index in [2.05, 4.69) is 27.5 Å². The average molecular weight is 462 g/mol. The molecule has 0 spiro atoms. The van der Waals surface area contributed by atoms with Crippen LogP contribution in [0.25, 0.3) is 5.52 Å². The number of halogens is 1. The van der Waals surface area contributed by atoms with Gasteiger partial charge in [-0.2, -0.15) is 5.10 Å². The van der Waals surface area contributed by atoms with E-state index in [9.17, 15) is 9.59 Å². The van der Waals surface area contributed by atoms with Crippen molar-refractivity contribution in [1.82, 2.24) is 14.6 Å². The molecule has 1 N–H and O–H groups in total. The van der Waals surface area contributed by atoms with Gasteiger partial charge in [0.15, 0.2) is 0 Å². The van der Waals surface area contributed by atoms with E-state index >= 15 is 0 Å². The van der Waals surface area contributed by atoms with E-state index in [0.29, 0.717) is 22.2 Å². The van der Waals surface area contributed by atoms with Gasteiger partial charge in [0.05, 0.1) is 22.6 Å². The van der Waals surface area contributed by atoms with Crippen molar-refractivity contribution in [2.24, 2.45) is 0 Å². The van der Waals surface area contributed by atoms with E-state index in [0.717, 1.165) is 22.2 Å². The van der Waals surface area contributed by atoms with Gasteiger partial charge in [-0.05, 0) is 55.7 Å². The first-order valence-corrected chi connectivity index (χ1v) is 10.9. The van der Waals surface area contributed by atoms with Gasteiger partial charge in [-0.3, -0.25) is 14.5 Å². The van der Waals surface area contributed by atoms with Gasteiger partial charge >= 0.3 is 0 Å². The fraction of sp³-hybridized carbons (Fsp3) is 0.200. The minimum atomic E-state index is -0.261. The first kappa shape index (κ1) is 22.5. The van der Waals surface area contributed by atoms with E-state index in [1.807, 2.05) is 26.8 Å². The molecule has 0 atom stereocenters. The van der Waals surface area contributed by atoms with Crippen molar-refractivity contribution in [3.05, 3.63) is 82.3 Å². The van der Waals surface area contributed by atoms with Crippen molar-refractivity contribution in [3.8, 4) is 0 Å². The largest absolute Gasteiger partial charge is 0.326 e. The Morgan fingerprint density at radius 2 is 1.79 bits per heavy atom. The molecule has 0 saturated carbocycles. The van der Waals surface area contributed by atoms with Gasteiger partial charge in [-0.25, -0.2) is 9.50 Å². The molecule has 0 bridgehead atoms. The third-order valence-corrected chi connectivity index (χ3v) is 5.75. The number of hydrogen-bond donors (Lipinski definition) is 1. The second-order valence-electron chi connectivity index (χ2n) is 8.07. The first-order valence-electron chi connectivity index (χ1n) is 10.5. The highest BCUT2D eigenvalue weighted by Crippen LogP contribution is 2.33. The van der Waals surface area contributed by atoms with E-state index in [4.69, 9.17) is 11.6 Å². The molecule has 0 aliphatic heterocycles. The minimum Gasteiger partial charge on any atom is -0.326 e. The topological polar surface area (TPSA) is 79.6 Å². The molecule has 2 amide bonds. The Morgan fingerprint density at radius 3 is 2.48 bits per heavy atom. The molecular weight excluding hydrogens is 438 g/mol. The van der Waals surface area contributed by atoms with Crippen molar-refractivity contribution in [2.75, 3.05) is 10.2 Å². The maximum atomic E-state index is 12.8. The zero-order valence-corrected chi connectivity index (χ0v) is 19.6. The van der Waals surface area contributed by atoms with Crippen LogP contribution in [0.5, 0.6) is 0 Å². The predicted molar refractivity (Wildman–Crippen MR) is 130 cm³/mol. The summed E-state index contributed by atoms with van der Waals surface area (Å²) in [5.74, 6) is -0.0494. The van der Waals surface area contributed by atoms with Gasteiger partial charge in [0, 0.05) is 37.3 Å². The molecule has 4 aromatic rings. The van der Waals surface area contributed by atoms with Crippen LogP contribution >= 0.6 is 11.6 Å². The van der Waals surface area contributed by atoms with Gasteiger partial charge in [0.1, 0.15) is 5.82 Å². The standard InChI is InChI=1S/C25H24ClN5O2/c1-15-9-16(2)21(17(3)10-15)13-25(33)29-19-5-7-27-24(11-19)31(18(4)32)23-12-20-6-8-28-30(20)14-22(23)26/h5-12,14H,13H2,1-4H3,(H,27,29,33). The lowest BCUT2D eigenvalue weighted by Gasteiger charge is -2.22. The Hall–Kier alpha value is -3.71. The summed E-state index contributed by atoms with van der Waals surface area (Å²) in [6.45, 7) is 7.50. The molecule has 0 radical (unpaired) electrons. The Bertz CT molecular complexity index is 1360. The summed E-state index contributed by atoms with van der Waals surface area (Å²) in [4.78, 5) is 31.1. The van der Waals surface area contributed by atoms with Crippen LogP contribution in [-0.2, 0) is 16.0 Å². The number of benzene rings is 1. The quantitative estimate of drug-likeness (QED) is 0.444. The predicted octanol–water partition coefficient (Wildman–Crippen LogP) is 5.17. The smallest absolute Gasteiger partial charge is 0.229 e. The van der Waals surface area contributed by atoms with Gasteiger partial charge in [0.2, 0.25) is 11.8 Å². The number of carbonyl (C=O) groups is 2. The number of carbonyl (C=O) groups excluding carboxylic acids is 2. The lowest BCUT2D eigenvalue weighted by molar-refractivity contribution is -0.116. The van der Waals surface area contributed by atoms with Gasteiger partial charge in [-0.1, -0.05) is 29.3 Å². The number of nitrogens with zero attached hydrogens (tertiary/aromatic N) is 4. The Kier molecular flexibility index (Phi) is 6.16. The first-order chi connectivity index (χ1) is 15.7. The molecule has 3 aromatic heterocycles. The van der Waals surface area contributed by atoms with Crippen molar-refractivity contribution in [3.63, 3.8) is 0 Å². The van der Waals surface area contributed by atoms with E-state index < -0.39 is 0 Å². The van der Waals surface area contributed by atoms with E-state index in [1.165, 1.54) is 17.4 Å². The van der Waals surface area contributed by atoms with Crippen LogP contribution in [0.2, 0.25) is 5.02 Å². The normalized spacial score (nSPS) is 10.9. The van der Waals surface area contributed by atoms with Gasteiger partial charge < -0.3 is 5.32 Å². The number of rotatable bonds is 5. The molecule has 0 saturated heterocycles. The number of fused-ring (bicyclic) bond motifs is 1. The Labute approximate surface area is 197 Å². The van der Waals surface area contributed by atoms with Gasteiger partial charge in [0.25, 0.3) is 0 Å². The van der Waals surface area contributed by atoms with E-state index in [1.54, 1.807) is 41.3 Å². The molecule has 4 rings (SSSR count). The SMILES string of the molecule is CC(=O)N(c1cc(NC(=O)Cc2c(C)cc(C)cc2C)ccn1)c1cc2ccnn2cc1Cl. The Balaban J connectivity index is 1.61. The highest BCUT2D eigenvalue weighted by molar-refractivity contribution is 6.34. The summed E-state index contributed by atoms with van der Waals surface area (Å²) < 4.78 is 1.63. The maximum Gasteiger partial charge on any atom is 0.229 e. The lowest BCUT2D eigenvalue weighted by Crippen LogP contribution is -2.24. The summed E-state index contributed by atoms with van der Waals surface area (Å²) in [6, 6.07) is 11.1. The molecule has 8 heteroatoms. The van der Waals surface area contributed by atoms with Crippen LogP contribution in [0.1, 0.15) is 29.2 Å². The molecule has 1 aromatic carbocycles. The van der Waals surface area contributed by atoms with Crippen LogP contribution in [-0.4, -0.2) is 26.4 Å². The molecule has 0 aliphatic carbocycles. The fourth-order valence-corrected chi connectivity index (χ4v) is 4.26. The molecule has 0 aliphatic rings. The molecule has 0 unspecified atom stereocenters. The van der Waals surface area contributed by atoms with Crippen molar-refractivity contribution in [1.29, 1.82) is 0 Å². The van der Waals surface area contributed by atoms with Crippen LogP contribution in [0.3, 0.4) is 0 Å². The van der Waals surface area contributed by atoms with Crippen LogP contribution in [0.4, 0.5) is 17.2 Å². The molecule has 33 heavy (non-hydrogen) atoms. The highest BCUT2D eigenvalue weighted by atomic mass is 35.5. The molecule has 168 valence electrons. The number of amides is 2. The number of anilines is 3. The van der Waals surface area contributed by atoms with Crippen LogP contribution < -0.4 is 10.2 Å². The number of nitrogens with one attached hydrogen (secondary N) is 1. The van der Waals surface area contributed by atoms with Crippen LogP contribution in [0.15, 0.2) is 55.0 Å². The van der Waals surface area contributed by atoms with Crippen molar-refractivity contribution >= 4 is 46.1 Å². The third kappa shape index (κ3) is 4.73. The van der Waals surface area contributed by atoms with Crippen molar-refractivity contribution < 1.29 is 9.59 Å². The Morgan fingerprint density at radius 1 is 1.06 bits per heavy atom. The summed E-state index contributed by atoms with van der Waals surface area (Å²) in [7, 11) is 0. The fourth-order valence-electron chi connectivity index (χ4n) is 4.03. The maximum absolute atomic E-state index is 12.8. The third-order valence-electron chi connectivity index (χ3n) is 5.46. The molecule has 3 heterocycles. The number of aryl methyl sites for hydroxylation is 3. The average Bonchev–Trinajstić information content (AvgIpc) is 3.18. The van der Waals surface area contributed by atoms with E-state index in [-0.39, 0.29) is 18.2 Å². The molecule has 0 fully saturated rings. The number of aromatic nitrogens is 3. The summed E-state index contributed by atoms with van der Waals surface area (Å²) in [6.07, 6.45) is 5.10. The molecular formula is C25H24ClN5O2. The lowest BCUT2D eigenvalue weighted by atomic mass is 9.97. The van der Waals surface area contributed by atoms with Gasteiger partial charge in [-0.15, -0.1) is 0 Å². The highest BCUT2D eigenvalue weighted by Gasteiger charge is 2.20. The second kappa shape index (κ2) is 9.03. The second-order valence-corrected chi connectivity index (χ2v) is 8.47. The zero-order valence-electron chi connectivity index (χ0n) is 18.9. The zero-order chi connectivity index (χ0) is 23.7. The number of hydrogen-bond acceptors (Lipinski definition) is 4. The monoisotopic (exact) mass is 461 g/mol.